The molecule has 0 bridgehead atoms. The number of carboxylic acids is 1. The van der Waals surface area contributed by atoms with Crippen molar-refractivity contribution < 1.29 is 9.90 Å². The van der Waals surface area contributed by atoms with Gasteiger partial charge in [0.15, 0.2) is 0 Å². The van der Waals surface area contributed by atoms with E-state index < -0.39 is 5.97 Å². The summed E-state index contributed by atoms with van der Waals surface area (Å²) in [7, 11) is 3.82. The summed E-state index contributed by atoms with van der Waals surface area (Å²) in [6.07, 6.45) is 0. The molecule has 0 unspecified atom stereocenters. The van der Waals surface area contributed by atoms with Gasteiger partial charge in [0, 0.05) is 49.3 Å². The van der Waals surface area contributed by atoms with E-state index in [1.807, 2.05) is 19.0 Å². The fraction of sp³-hybridized carbons (Fsp3) is 0.222. The molecule has 0 amide bonds. The predicted octanol–water partition coefficient (Wildman–Crippen LogP) is 1.07. The average Bonchev–Trinajstić information content (AvgIpc) is 2.04. The topological polar surface area (TPSA) is 40.5 Å². The van der Waals surface area contributed by atoms with Crippen molar-refractivity contribution in [1.82, 2.24) is 0 Å². The van der Waals surface area contributed by atoms with Gasteiger partial charge in [-0.2, -0.15) is 0 Å². The summed E-state index contributed by atoms with van der Waals surface area (Å²) >= 11 is 0. The maximum Gasteiger partial charge on any atom is 0.335 e. The summed E-state index contributed by atoms with van der Waals surface area (Å²) in [5.74, 6) is -0.889. The van der Waals surface area contributed by atoms with Crippen molar-refractivity contribution in [3.05, 3.63) is 29.8 Å². The van der Waals surface area contributed by atoms with Crippen molar-refractivity contribution in [2.45, 2.75) is 0 Å². The summed E-state index contributed by atoms with van der Waals surface area (Å²) < 4.78 is 0. The first-order chi connectivity index (χ1) is 5.61. The Bertz CT molecular complexity index is 282. The van der Waals surface area contributed by atoms with E-state index >= 15 is 0 Å². The largest absolute Gasteiger partial charge is 0.478 e. The third kappa shape index (κ3) is 3.38. The van der Waals surface area contributed by atoms with E-state index in [1.165, 1.54) is 0 Å². The number of aromatic carboxylic acids is 1. The second-order valence-corrected chi connectivity index (χ2v) is 2.75. The third-order valence-corrected chi connectivity index (χ3v) is 1.63. The number of nitrogens with zero attached hydrogens (tertiary/aromatic N) is 1. The molecule has 0 saturated heterocycles. The molecule has 0 aliphatic carbocycles. The molecule has 0 aromatic heterocycles. The Morgan fingerprint density at radius 3 is 2.00 bits per heavy atom. The first kappa shape index (κ1) is 12.5. The average molecular weight is 188 g/mol. The molecular formula is C9H11NNaO2. The zero-order chi connectivity index (χ0) is 9.14. The minimum Gasteiger partial charge on any atom is -0.478 e. The second kappa shape index (κ2) is 5.27. The predicted molar refractivity (Wildman–Crippen MR) is 53.5 cm³/mol. The van der Waals surface area contributed by atoms with Crippen LogP contribution in [0.15, 0.2) is 24.3 Å². The van der Waals surface area contributed by atoms with Gasteiger partial charge in [-0.05, 0) is 24.3 Å². The second-order valence-electron chi connectivity index (χ2n) is 2.75. The van der Waals surface area contributed by atoms with Gasteiger partial charge >= 0.3 is 5.97 Å². The van der Waals surface area contributed by atoms with E-state index in [0.29, 0.717) is 5.56 Å². The Balaban J connectivity index is 0.00000144. The van der Waals surface area contributed by atoms with Crippen molar-refractivity contribution in [1.29, 1.82) is 0 Å². The third-order valence-electron chi connectivity index (χ3n) is 1.63. The molecule has 0 saturated carbocycles. The van der Waals surface area contributed by atoms with Crippen LogP contribution in [-0.4, -0.2) is 54.7 Å². The maximum absolute atomic E-state index is 10.5. The van der Waals surface area contributed by atoms with Crippen molar-refractivity contribution in [2.24, 2.45) is 0 Å². The van der Waals surface area contributed by atoms with Gasteiger partial charge in [-0.1, -0.05) is 0 Å². The zero-order valence-electron chi connectivity index (χ0n) is 8.11. The Morgan fingerprint density at radius 1 is 1.23 bits per heavy atom. The van der Waals surface area contributed by atoms with Gasteiger partial charge in [-0.25, -0.2) is 4.79 Å². The minimum absolute atomic E-state index is 0. The van der Waals surface area contributed by atoms with Gasteiger partial charge in [0.25, 0.3) is 0 Å². The molecule has 1 radical (unpaired) electrons. The molecule has 1 rings (SSSR count). The molecule has 3 nitrogen and oxygen atoms in total. The fourth-order valence-corrected chi connectivity index (χ4v) is 0.902. The standard InChI is InChI=1S/C9H11NO2.Na/c1-10(2)8-5-3-7(4-6-8)9(11)12;/h3-6H,1-2H3,(H,11,12);. The Morgan fingerprint density at radius 2 is 1.69 bits per heavy atom. The number of benzene rings is 1. The summed E-state index contributed by atoms with van der Waals surface area (Å²) in [4.78, 5) is 12.4. The Hall–Kier alpha value is -0.510. The number of rotatable bonds is 2. The van der Waals surface area contributed by atoms with Crippen molar-refractivity contribution in [3.8, 4) is 0 Å². The van der Waals surface area contributed by atoms with Crippen LogP contribution in [0.5, 0.6) is 0 Å². The van der Waals surface area contributed by atoms with E-state index in [2.05, 4.69) is 0 Å². The van der Waals surface area contributed by atoms with E-state index in [4.69, 9.17) is 5.11 Å². The van der Waals surface area contributed by atoms with Gasteiger partial charge in [0.1, 0.15) is 0 Å². The van der Waals surface area contributed by atoms with Gasteiger partial charge in [0.2, 0.25) is 0 Å². The maximum atomic E-state index is 10.5. The van der Waals surface area contributed by atoms with E-state index in [1.54, 1.807) is 24.3 Å². The summed E-state index contributed by atoms with van der Waals surface area (Å²) in [6, 6.07) is 6.75. The van der Waals surface area contributed by atoms with Crippen LogP contribution < -0.4 is 4.90 Å². The first-order valence-electron chi connectivity index (χ1n) is 3.62. The van der Waals surface area contributed by atoms with Crippen LogP contribution in [-0.2, 0) is 0 Å². The molecule has 1 aromatic rings. The molecule has 1 aromatic carbocycles. The fourth-order valence-electron chi connectivity index (χ4n) is 0.902. The van der Waals surface area contributed by atoms with Crippen molar-refractivity contribution >= 4 is 41.2 Å². The van der Waals surface area contributed by atoms with Crippen LogP contribution in [0.2, 0.25) is 0 Å². The molecule has 1 N–H and O–H groups in total. The van der Waals surface area contributed by atoms with Gasteiger partial charge in [-0.3, -0.25) is 0 Å². The van der Waals surface area contributed by atoms with Crippen molar-refractivity contribution in [3.63, 3.8) is 0 Å². The van der Waals surface area contributed by atoms with Gasteiger partial charge in [-0.15, -0.1) is 0 Å². The van der Waals surface area contributed by atoms with Crippen LogP contribution in [0, 0.1) is 0 Å². The number of anilines is 1. The smallest absolute Gasteiger partial charge is 0.335 e. The van der Waals surface area contributed by atoms with Crippen molar-refractivity contribution in [2.75, 3.05) is 19.0 Å². The van der Waals surface area contributed by atoms with Crippen LogP contribution in [0.4, 0.5) is 5.69 Å². The van der Waals surface area contributed by atoms with Crippen LogP contribution >= 0.6 is 0 Å². The van der Waals surface area contributed by atoms with E-state index in [-0.39, 0.29) is 29.6 Å². The molecule has 0 atom stereocenters. The van der Waals surface area contributed by atoms with Crippen LogP contribution in [0.1, 0.15) is 10.4 Å². The van der Waals surface area contributed by atoms with E-state index in [9.17, 15) is 4.79 Å². The Kier molecular flexibility index (Phi) is 5.06. The molecule has 0 spiro atoms. The number of hydrogen-bond donors (Lipinski definition) is 1. The summed E-state index contributed by atoms with van der Waals surface area (Å²) in [6.45, 7) is 0. The molecule has 0 aliphatic heterocycles. The quantitative estimate of drug-likeness (QED) is 0.706. The molecule has 65 valence electrons. The number of hydrogen-bond acceptors (Lipinski definition) is 2. The molecule has 0 fully saturated rings. The Labute approximate surface area is 99.7 Å². The monoisotopic (exact) mass is 188 g/mol. The van der Waals surface area contributed by atoms with Gasteiger partial charge < -0.3 is 10.0 Å². The SMILES string of the molecule is CN(C)c1ccc(C(=O)O)cc1.[Na]. The zero-order valence-corrected chi connectivity index (χ0v) is 10.1. The normalized spacial score (nSPS) is 8.77. The van der Waals surface area contributed by atoms with Crippen LogP contribution in [0.3, 0.4) is 0 Å². The van der Waals surface area contributed by atoms with Gasteiger partial charge in [0.05, 0.1) is 5.56 Å². The van der Waals surface area contributed by atoms with E-state index in [0.717, 1.165) is 5.69 Å². The molecule has 0 heterocycles. The minimum atomic E-state index is -0.889. The summed E-state index contributed by atoms with van der Waals surface area (Å²) in [5.41, 5.74) is 1.32. The van der Waals surface area contributed by atoms with Crippen LogP contribution in [0.25, 0.3) is 0 Å². The first-order valence-corrected chi connectivity index (χ1v) is 3.62. The molecule has 0 aliphatic rings. The molecule has 13 heavy (non-hydrogen) atoms. The molecular weight excluding hydrogens is 177 g/mol. The number of carboxylic acid groups (broad SMARTS) is 1. The molecule has 4 heteroatoms. The number of carbonyl (C=O) groups is 1. The summed E-state index contributed by atoms with van der Waals surface area (Å²) in [5, 5.41) is 8.60.